The molecule has 2 aromatic carbocycles. The summed E-state index contributed by atoms with van der Waals surface area (Å²) in [6.45, 7) is 2.27. The van der Waals surface area contributed by atoms with Crippen LogP contribution < -0.4 is 5.43 Å². The molecule has 1 aromatic heterocycles. The number of aromatic hydroxyl groups is 1. The molecule has 2 aliphatic rings. The lowest BCUT2D eigenvalue weighted by Crippen LogP contribution is -2.51. The Bertz CT molecular complexity index is 1290. The number of aryl methyl sites for hydroxylation is 1. The Morgan fingerprint density at radius 2 is 1.91 bits per heavy atom. The first-order valence-corrected chi connectivity index (χ1v) is 10.5. The molecule has 0 radical (unpaired) electrons. The van der Waals surface area contributed by atoms with Crippen molar-refractivity contribution in [3.05, 3.63) is 92.9 Å². The normalized spacial score (nSPS) is 20.7. The number of aromatic nitrogens is 2. The second-order valence-electron chi connectivity index (χ2n) is 8.38. The van der Waals surface area contributed by atoms with Crippen molar-refractivity contribution in [3.63, 3.8) is 0 Å². The van der Waals surface area contributed by atoms with Gasteiger partial charge in [0.25, 0.3) is 5.91 Å². The molecule has 8 heteroatoms. The summed E-state index contributed by atoms with van der Waals surface area (Å²) in [5.74, 6) is -2.39. The molecule has 2 aliphatic heterocycles. The van der Waals surface area contributed by atoms with Crippen molar-refractivity contribution in [2.75, 3.05) is 6.54 Å². The van der Waals surface area contributed by atoms with Gasteiger partial charge in [0.1, 0.15) is 11.6 Å². The fourth-order valence-electron chi connectivity index (χ4n) is 5.19. The van der Waals surface area contributed by atoms with Crippen LogP contribution in [0.25, 0.3) is 0 Å². The van der Waals surface area contributed by atoms with Crippen LogP contribution in [0.15, 0.2) is 53.5 Å². The fourth-order valence-corrected chi connectivity index (χ4v) is 5.19. The zero-order valence-electron chi connectivity index (χ0n) is 17.3. The molecular weight excluding hydrogens is 416 g/mol. The van der Waals surface area contributed by atoms with Gasteiger partial charge in [0.2, 0.25) is 5.43 Å². The van der Waals surface area contributed by atoms with Gasteiger partial charge in [-0.05, 0) is 60.7 Å². The van der Waals surface area contributed by atoms with E-state index >= 15 is 0 Å². The van der Waals surface area contributed by atoms with Gasteiger partial charge in [0, 0.05) is 12.5 Å². The average Bonchev–Trinajstić information content (AvgIpc) is 3.24. The Kier molecular flexibility index (Phi) is 4.80. The minimum absolute atomic E-state index is 0.165. The molecule has 6 nitrogen and oxygen atoms in total. The molecule has 3 aromatic rings. The van der Waals surface area contributed by atoms with Crippen molar-refractivity contribution in [1.29, 1.82) is 0 Å². The second-order valence-corrected chi connectivity index (χ2v) is 8.38. The van der Waals surface area contributed by atoms with Gasteiger partial charge in [0.15, 0.2) is 11.4 Å². The molecule has 1 saturated heterocycles. The molecule has 1 fully saturated rings. The molecule has 3 heterocycles. The van der Waals surface area contributed by atoms with Crippen LogP contribution in [0.2, 0.25) is 0 Å². The van der Waals surface area contributed by atoms with Crippen molar-refractivity contribution < 1.29 is 18.7 Å². The molecule has 0 spiro atoms. The number of nitrogens with zero attached hydrogens (tertiary/aromatic N) is 3. The van der Waals surface area contributed by atoms with Crippen molar-refractivity contribution >= 4 is 5.91 Å². The standard InChI is InChI=1S/C24H21F2N3O3/c1-13-10-16(26)7-8-17(13)20(14-4-2-5-15(25)11-14)21-18-6-3-9-28(18)24(32)22-23(31)19(30)12-27-29(21)22/h2,4-5,7-8,10-12,18,20-21,31H,3,6,9H2,1H3/t18-,20?,21-/m1/s1. The summed E-state index contributed by atoms with van der Waals surface area (Å²) in [6, 6.07) is 9.79. The van der Waals surface area contributed by atoms with Crippen LogP contribution in [0.5, 0.6) is 5.75 Å². The van der Waals surface area contributed by atoms with Crippen LogP contribution in [-0.2, 0) is 0 Å². The van der Waals surface area contributed by atoms with E-state index in [1.807, 2.05) is 0 Å². The van der Waals surface area contributed by atoms with Gasteiger partial charge in [-0.25, -0.2) is 8.78 Å². The number of fused-ring (bicyclic) bond motifs is 2. The summed E-state index contributed by atoms with van der Waals surface area (Å²) >= 11 is 0. The quantitative estimate of drug-likeness (QED) is 0.680. The van der Waals surface area contributed by atoms with E-state index in [9.17, 15) is 23.5 Å². The minimum atomic E-state index is -0.735. The molecule has 164 valence electrons. The summed E-state index contributed by atoms with van der Waals surface area (Å²) < 4.78 is 29.6. The summed E-state index contributed by atoms with van der Waals surface area (Å²) in [5, 5.41) is 14.7. The predicted molar refractivity (Wildman–Crippen MR) is 113 cm³/mol. The predicted octanol–water partition coefficient (Wildman–Crippen LogP) is 3.53. The first kappa shape index (κ1) is 20.4. The van der Waals surface area contributed by atoms with E-state index in [1.165, 1.54) is 28.9 Å². The second kappa shape index (κ2) is 7.55. The third-order valence-corrected chi connectivity index (χ3v) is 6.54. The van der Waals surface area contributed by atoms with Crippen molar-refractivity contribution in [2.24, 2.45) is 0 Å². The van der Waals surface area contributed by atoms with Crippen LogP contribution >= 0.6 is 0 Å². The molecule has 5 rings (SSSR count). The van der Waals surface area contributed by atoms with Crippen LogP contribution in [0.4, 0.5) is 8.78 Å². The Hall–Kier alpha value is -3.55. The van der Waals surface area contributed by atoms with Gasteiger partial charge in [-0.3, -0.25) is 14.3 Å². The van der Waals surface area contributed by atoms with Crippen LogP contribution in [0.1, 0.15) is 52.0 Å². The van der Waals surface area contributed by atoms with Crippen LogP contribution in [0, 0.1) is 18.6 Å². The summed E-state index contributed by atoms with van der Waals surface area (Å²) in [6.07, 6.45) is 2.44. The lowest BCUT2D eigenvalue weighted by atomic mass is 9.78. The van der Waals surface area contributed by atoms with Gasteiger partial charge in [-0.2, -0.15) is 5.10 Å². The molecule has 1 N–H and O–H groups in total. The van der Waals surface area contributed by atoms with Gasteiger partial charge in [-0.15, -0.1) is 0 Å². The fraction of sp³-hybridized carbons (Fsp3) is 0.292. The molecule has 1 unspecified atom stereocenters. The van der Waals surface area contributed by atoms with E-state index in [1.54, 1.807) is 30.0 Å². The van der Waals surface area contributed by atoms with E-state index in [-0.39, 0.29) is 17.6 Å². The SMILES string of the molecule is Cc1cc(F)ccc1C(c1cccc(F)c1)[C@H]1[C@H]2CCCN2C(=O)c2c(O)c(=O)cnn21. The van der Waals surface area contributed by atoms with Crippen molar-refractivity contribution in [3.8, 4) is 5.75 Å². The number of hydrogen-bond donors (Lipinski definition) is 1. The molecular formula is C24H21F2N3O3. The highest BCUT2D eigenvalue weighted by atomic mass is 19.1. The van der Waals surface area contributed by atoms with Crippen molar-refractivity contribution in [2.45, 2.75) is 37.8 Å². The zero-order chi connectivity index (χ0) is 22.6. The maximum absolute atomic E-state index is 14.3. The number of carbonyl (C=O) groups excluding carboxylic acids is 1. The van der Waals surface area contributed by atoms with Gasteiger partial charge in [0.05, 0.1) is 18.3 Å². The van der Waals surface area contributed by atoms with E-state index in [0.29, 0.717) is 24.1 Å². The highest BCUT2D eigenvalue weighted by Crippen LogP contribution is 2.46. The summed E-state index contributed by atoms with van der Waals surface area (Å²) in [5.41, 5.74) is 1.17. The number of halogens is 2. The lowest BCUT2D eigenvalue weighted by Gasteiger charge is -2.43. The first-order chi connectivity index (χ1) is 15.4. The van der Waals surface area contributed by atoms with Gasteiger partial charge >= 0.3 is 0 Å². The topological polar surface area (TPSA) is 75.4 Å². The Morgan fingerprint density at radius 1 is 1.12 bits per heavy atom. The van der Waals surface area contributed by atoms with E-state index in [2.05, 4.69) is 5.10 Å². The maximum Gasteiger partial charge on any atom is 0.276 e. The van der Waals surface area contributed by atoms with Crippen molar-refractivity contribution in [1.82, 2.24) is 14.7 Å². The highest BCUT2D eigenvalue weighted by molar-refractivity contribution is 5.96. The van der Waals surface area contributed by atoms with Crippen LogP contribution in [0.3, 0.4) is 0 Å². The molecule has 3 atom stereocenters. The maximum atomic E-state index is 14.3. The highest BCUT2D eigenvalue weighted by Gasteiger charge is 2.48. The third-order valence-electron chi connectivity index (χ3n) is 6.54. The van der Waals surface area contributed by atoms with Gasteiger partial charge in [-0.1, -0.05) is 18.2 Å². The number of benzene rings is 2. The smallest absolute Gasteiger partial charge is 0.276 e. The van der Waals surface area contributed by atoms with E-state index in [4.69, 9.17) is 0 Å². The van der Waals surface area contributed by atoms with Gasteiger partial charge < -0.3 is 10.0 Å². The number of rotatable bonds is 3. The molecule has 0 bridgehead atoms. The Labute approximate surface area is 182 Å². The Balaban J connectivity index is 1.81. The monoisotopic (exact) mass is 437 g/mol. The largest absolute Gasteiger partial charge is 0.502 e. The molecule has 0 aliphatic carbocycles. The summed E-state index contributed by atoms with van der Waals surface area (Å²) in [7, 11) is 0. The lowest BCUT2D eigenvalue weighted by molar-refractivity contribution is 0.0565. The van der Waals surface area contributed by atoms with E-state index < -0.39 is 34.9 Å². The molecule has 32 heavy (non-hydrogen) atoms. The number of hydrogen-bond acceptors (Lipinski definition) is 4. The third kappa shape index (κ3) is 3.09. The first-order valence-electron chi connectivity index (χ1n) is 10.5. The number of carbonyl (C=O) groups is 1. The number of amides is 1. The van der Waals surface area contributed by atoms with Crippen LogP contribution in [-0.4, -0.2) is 38.3 Å². The van der Waals surface area contributed by atoms with E-state index in [0.717, 1.165) is 18.2 Å². The molecule has 0 saturated carbocycles. The summed E-state index contributed by atoms with van der Waals surface area (Å²) in [4.78, 5) is 26.9. The molecule has 1 amide bonds. The minimum Gasteiger partial charge on any atom is -0.502 e. The zero-order valence-corrected chi connectivity index (χ0v) is 17.3. The Morgan fingerprint density at radius 3 is 2.66 bits per heavy atom. The average molecular weight is 437 g/mol.